The zero-order valence-electron chi connectivity index (χ0n) is 20.2. The van der Waals surface area contributed by atoms with Gasteiger partial charge in [0.05, 0.1) is 23.8 Å². The quantitative estimate of drug-likeness (QED) is 0.318. The molecule has 2 atom stereocenters. The van der Waals surface area contributed by atoms with Crippen molar-refractivity contribution in [2.24, 2.45) is 5.92 Å². The SMILES string of the molecule is Cc1c(CC(=O)N2CC[C@]3(O)CCCC[C@@H]3C2)c(=O)oc2cc3occ(-c4ccc(Br)cc4)c3cc12. The van der Waals surface area contributed by atoms with Crippen molar-refractivity contribution in [3.8, 4) is 11.1 Å². The van der Waals surface area contributed by atoms with Crippen LogP contribution in [0, 0.1) is 12.8 Å². The molecule has 186 valence electrons. The minimum atomic E-state index is -0.643. The molecule has 0 bridgehead atoms. The third kappa shape index (κ3) is 3.98. The lowest BCUT2D eigenvalue weighted by molar-refractivity contribution is -0.142. The van der Waals surface area contributed by atoms with Crippen molar-refractivity contribution < 1.29 is 18.7 Å². The highest BCUT2D eigenvalue weighted by Crippen LogP contribution is 2.40. The Balaban J connectivity index is 1.33. The Bertz CT molecular complexity index is 1540. The fourth-order valence-corrected chi connectivity index (χ4v) is 6.29. The molecule has 6 rings (SSSR count). The average Bonchev–Trinajstić information content (AvgIpc) is 3.28. The van der Waals surface area contributed by atoms with E-state index < -0.39 is 11.2 Å². The van der Waals surface area contributed by atoms with Crippen LogP contribution >= 0.6 is 15.9 Å². The Labute approximate surface area is 217 Å². The molecule has 2 aromatic carbocycles. The highest BCUT2D eigenvalue weighted by molar-refractivity contribution is 9.10. The van der Waals surface area contributed by atoms with Gasteiger partial charge >= 0.3 is 5.63 Å². The minimum Gasteiger partial charge on any atom is -0.464 e. The average molecular weight is 550 g/mol. The molecule has 1 aliphatic heterocycles. The van der Waals surface area contributed by atoms with Crippen LogP contribution in [0.2, 0.25) is 0 Å². The van der Waals surface area contributed by atoms with Crippen molar-refractivity contribution in [1.82, 2.24) is 4.90 Å². The van der Waals surface area contributed by atoms with E-state index in [4.69, 9.17) is 8.83 Å². The van der Waals surface area contributed by atoms with Gasteiger partial charge in [0.1, 0.15) is 11.2 Å². The highest BCUT2D eigenvalue weighted by atomic mass is 79.9. The van der Waals surface area contributed by atoms with Crippen LogP contribution in [-0.2, 0) is 11.2 Å². The molecular weight excluding hydrogens is 522 g/mol. The zero-order valence-corrected chi connectivity index (χ0v) is 21.8. The monoisotopic (exact) mass is 549 g/mol. The van der Waals surface area contributed by atoms with Gasteiger partial charge < -0.3 is 18.8 Å². The molecule has 7 heteroatoms. The van der Waals surface area contributed by atoms with Crippen LogP contribution in [0.25, 0.3) is 33.1 Å². The topological polar surface area (TPSA) is 83.9 Å². The van der Waals surface area contributed by atoms with Crippen molar-refractivity contribution >= 4 is 43.8 Å². The van der Waals surface area contributed by atoms with E-state index in [0.717, 1.165) is 57.6 Å². The van der Waals surface area contributed by atoms with E-state index in [1.165, 1.54) is 0 Å². The van der Waals surface area contributed by atoms with Gasteiger partial charge in [-0.3, -0.25) is 4.79 Å². The Morgan fingerprint density at radius 3 is 2.75 bits per heavy atom. The second-order valence-corrected chi connectivity index (χ2v) is 11.2. The Morgan fingerprint density at radius 1 is 1.14 bits per heavy atom. The maximum atomic E-state index is 13.3. The molecule has 1 aliphatic carbocycles. The standard InChI is InChI=1S/C29H28BrNO5/c1-17-21-12-23-24(18-5-7-20(30)8-6-18)16-35-25(23)14-26(21)36-28(33)22(17)13-27(32)31-11-10-29(34)9-3-2-4-19(29)15-31/h5-8,12,14,16,19,34H,2-4,9-11,13,15H2,1H3/t19-,29-/m1/s1. The minimum absolute atomic E-state index is 0.00174. The summed E-state index contributed by atoms with van der Waals surface area (Å²) in [5.74, 6) is 0.0294. The number of nitrogens with zero attached hydrogens (tertiary/aromatic N) is 1. The lowest BCUT2D eigenvalue weighted by atomic mass is 9.71. The first-order chi connectivity index (χ1) is 17.3. The molecule has 2 aromatic heterocycles. The fraction of sp³-hybridized carbons (Fsp3) is 0.379. The second-order valence-electron chi connectivity index (χ2n) is 10.3. The molecule has 36 heavy (non-hydrogen) atoms. The summed E-state index contributed by atoms with van der Waals surface area (Å²) in [6, 6.07) is 11.7. The number of fused-ring (bicyclic) bond motifs is 3. The molecule has 0 unspecified atom stereocenters. The fourth-order valence-electron chi connectivity index (χ4n) is 6.03. The summed E-state index contributed by atoms with van der Waals surface area (Å²) in [5.41, 5.74) is 3.08. The van der Waals surface area contributed by atoms with Crippen molar-refractivity contribution in [1.29, 1.82) is 0 Å². The van der Waals surface area contributed by atoms with E-state index in [9.17, 15) is 14.7 Å². The Kier molecular flexibility index (Phi) is 5.80. The number of hydrogen-bond acceptors (Lipinski definition) is 5. The largest absolute Gasteiger partial charge is 0.464 e. The van der Waals surface area contributed by atoms with Gasteiger partial charge in [-0.15, -0.1) is 0 Å². The molecule has 1 amide bonds. The number of rotatable bonds is 3. The number of likely N-dealkylation sites (tertiary alicyclic amines) is 1. The lowest BCUT2D eigenvalue weighted by Crippen LogP contribution is -2.55. The summed E-state index contributed by atoms with van der Waals surface area (Å²) in [5, 5.41) is 12.7. The molecule has 0 spiro atoms. The maximum Gasteiger partial charge on any atom is 0.340 e. The van der Waals surface area contributed by atoms with Crippen molar-refractivity contribution in [3.63, 3.8) is 0 Å². The van der Waals surface area contributed by atoms with Gasteiger partial charge in [-0.1, -0.05) is 40.9 Å². The Hall–Kier alpha value is -2.90. The van der Waals surface area contributed by atoms with E-state index in [2.05, 4.69) is 15.9 Å². The van der Waals surface area contributed by atoms with Gasteiger partial charge in [0, 0.05) is 45.9 Å². The molecule has 1 saturated heterocycles. The summed E-state index contributed by atoms with van der Waals surface area (Å²) in [6.07, 6.45) is 6.22. The van der Waals surface area contributed by atoms with Crippen molar-refractivity contribution in [2.75, 3.05) is 13.1 Å². The second kappa shape index (κ2) is 8.89. The molecule has 1 N–H and O–H groups in total. The first-order valence-electron chi connectivity index (χ1n) is 12.6. The molecule has 2 fully saturated rings. The third-order valence-electron chi connectivity index (χ3n) is 8.24. The number of hydrogen-bond donors (Lipinski definition) is 1. The summed E-state index contributed by atoms with van der Waals surface area (Å²) in [4.78, 5) is 28.0. The van der Waals surface area contributed by atoms with Crippen LogP contribution in [0.1, 0.15) is 43.2 Å². The van der Waals surface area contributed by atoms with E-state index >= 15 is 0 Å². The number of piperidine rings is 1. The predicted octanol–water partition coefficient (Wildman–Crippen LogP) is 5.97. The number of amides is 1. The first-order valence-corrected chi connectivity index (χ1v) is 13.4. The smallest absolute Gasteiger partial charge is 0.340 e. The molecule has 0 radical (unpaired) electrons. The molecule has 6 nitrogen and oxygen atoms in total. The molecule has 2 aliphatic rings. The van der Waals surface area contributed by atoms with E-state index in [1.54, 1.807) is 12.3 Å². The molecular formula is C29H28BrNO5. The number of carbonyl (C=O) groups excluding carboxylic acids is 1. The van der Waals surface area contributed by atoms with Gasteiger partial charge in [-0.05, 0) is 55.5 Å². The molecule has 4 aromatic rings. The van der Waals surface area contributed by atoms with Crippen LogP contribution in [0.4, 0.5) is 0 Å². The predicted molar refractivity (Wildman–Crippen MR) is 142 cm³/mol. The summed E-state index contributed by atoms with van der Waals surface area (Å²) in [6.45, 7) is 2.96. The van der Waals surface area contributed by atoms with E-state index in [-0.39, 0.29) is 18.2 Å². The van der Waals surface area contributed by atoms with Crippen LogP contribution in [0.15, 0.2) is 60.8 Å². The van der Waals surface area contributed by atoms with E-state index in [0.29, 0.717) is 36.2 Å². The maximum absolute atomic E-state index is 13.3. The van der Waals surface area contributed by atoms with Crippen LogP contribution in [0.3, 0.4) is 0 Å². The number of aryl methyl sites for hydroxylation is 1. The van der Waals surface area contributed by atoms with Gasteiger partial charge in [-0.2, -0.15) is 0 Å². The van der Waals surface area contributed by atoms with Gasteiger partial charge in [0.2, 0.25) is 5.91 Å². The summed E-state index contributed by atoms with van der Waals surface area (Å²) in [7, 11) is 0. The molecule has 1 saturated carbocycles. The normalized spacial score (nSPS) is 22.2. The third-order valence-corrected chi connectivity index (χ3v) is 8.77. The number of furan rings is 1. The number of carbonyl (C=O) groups is 1. The van der Waals surface area contributed by atoms with Crippen molar-refractivity contribution in [3.05, 3.63) is 68.7 Å². The van der Waals surface area contributed by atoms with Crippen LogP contribution < -0.4 is 5.63 Å². The Morgan fingerprint density at radius 2 is 1.94 bits per heavy atom. The number of aliphatic hydroxyl groups is 1. The van der Waals surface area contributed by atoms with E-state index in [1.807, 2.05) is 42.2 Å². The van der Waals surface area contributed by atoms with Gasteiger partial charge in [0.15, 0.2) is 0 Å². The van der Waals surface area contributed by atoms with Crippen LogP contribution in [-0.4, -0.2) is 34.6 Å². The van der Waals surface area contributed by atoms with Crippen molar-refractivity contribution in [2.45, 2.75) is 51.0 Å². The summed E-state index contributed by atoms with van der Waals surface area (Å²) < 4.78 is 12.5. The zero-order chi connectivity index (χ0) is 25.0. The molecule has 3 heterocycles. The van der Waals surface area contributed by atoms with Gasteiger partial charge in [-0.25, -0.2) is 4.79 Å². The number of benzene rings is 2. The number of halogens is 1. The van der Waals surface area contributed by atoms with Crippen LogP contribution in [0.5, 0.6) is 0 Å². The van der Waals surface area contributed by atoms with Gasteiger partial charge in [0.25, 0.3) is 0 Å². The first kappa shape index (κ1) is 23.5. The summed E-state index contributed by atoms with van der Waals surface area (Å²) >= 11 is 3.47. The lowest BCUT2D eigenvalue weighted by Gasteiger charge is -2.47. The highest BCUT2D eigenvalue weighted by Gasteiger charge is 2.43.